The minimum absolute atomic E-state index is 0.0110. The van der Waals surface area contributed by atoms with Crippen molar-refractivity contribution in [2.45, 2.75) is 46.2 Å². The number of ether oxygens (including phenoxy) is 1. The molecule has 2 aromatic rings. The molecule has 160 valence electrons. The van der Waals surface area contributed by atoms with E-state index in [1.165, 1.54) is 0 Å². The van der Waals surface area contributed by atoms with Gasteiger partial charge in [-0.3, -0.25) is 9.59 Å². The third kappa shape index (κ3) is 4.87. The molecule has 1 aliphatic heterocycles. The minimum atomic E-state index is -0.512. The third-order valence-electron chi connectivity index (χ3n) is 5.06. The van der Waals surface area contributed by atoms with Gasteiger partial charge in [-0.15, -0.1) is 0 Å². The third-order valence-corrected chi connectivity index (χ3v) is 5.06. The van der Waals surface area contributed by atoms with Crippen molar-refractivity contribution in [3.63, 3.8) is 0 Å². The summed E-state index contributed by atoms with van der Waals surface area (Å²) in [6.45, 7) is 8.10. The van der Waals surface area contributed by atoms with Gasteiger partial charge in [-0.25, -0.2) is 9.97 Å². The van der Waals surface area contributed by atoms with E-state index in [1.54, 1.807) is 12.0 Å². The average Bonchev–Trinajstić information content (AvgIpc) is 3.04. The number of amides is 2. The Morgan fingerprint density at radius 2 is 1.87 bits per heavy atom. The molecule has 1 fully saturated rings. The van der Waals surface area contributed by atoms with Crippen molar-refractivity contribution in [2.75, 3.05) is 23.9 Å². The summed E-state index contributed by atoms with van der Waals surface area (Å²) < 4.78 is 5.37. The molecular weight excluding hydrogens is 382 g/mol. The van der Waals surface area contributed by atoms with Crippen molar-refractivity contribution < 1.29 is 14.3 Å². The van der Waals surface area contributed by atoms with Crippen LogP contribution in [0.1, 0.15) is 31.7 Å². The molecule has 2 heterocycles. The molecule has 8 nitrogen and oxygen atoms in total. The number of rotatable bonds is 7. The number of aromatic nitrogens is 2. The van der Waals surface area contributed by atoms with Gasteiger partial charge in [-0.1, -0.05) is 26.0 Å². The first-order valence-electron chi connectivity index (χ1n) is 10.1. The van der Waals surface area contributed by atoms with Crippen LogP contribution in [0.3, 0.4) is 0 Å². The van der Waals surface area contributed by atoms with Gasteiger partial charge in [0.15, 0.2) is 0 Å². The molecule has 8 heteroatoms. The second-order valence-electron chi connectivity index (χ2n) is 7.93. The summed E-state index contributed by atoms with van der Waals surface area (Å²) in [5.41, 5.74) is 2.38. The van der Waals surface area contributed by atoms with E-state index in [9.17, 15) is 9.59 Å². The Kier molecular flexibility index (Phi) is 6.54. The minimum Gasteiger partial charge on any atom is -0.495 e. The Hall–Kier alpha value is -3.16. The normalized spacial score (nSPS) is 17.2. The predicted molar refractivity (Wildman–Crippen MR) is 116 cm³/mol. The van der Waals surface area contributed by atoms with E-state index in [1.807, 2.05) is 58.0 Å². The molecule has 0 spiro atoms. The van der Waals surface area contributed by atoms with Crippen LogP contribution < -0.4 is 20.3 Å². The van der Waals surface area contributed by atoms with Crippen molar-refractivity contribution >= 4 is 23.5 Å². The first-order chi connectivity index (χ1) is 14.3. The lowest BCUT2D eigenvalue weighted by Gasteiger charge is -2.24. The number of methoxy groups -OCH3 is 1. The number of carbonyl (C=O) groups excluding carboxylic acids is 2. The fraction of sp³-hybridized carbons (Fsp3) is 0.455. The predicted octanol–water partition coefficient (Wildman–Crippen LogP) is 2.46. The second kappa shape index (κ2) is 9.11. The van der Waals surface area contributed by atoms with Gasteiger partial charge < -0.3 is 20.3 Å². The summed E-state index contributed by atoms with van der Waals surface area (Å²) in [5.74, 6) is 0.854. The number of anilines is 2. The molecule has 0 radical (unpaired) electrons. The second-order valence-corrected chi connectivity index (χ2v) is 7.93. The molecule has 0 aliphatic carbocycles. The zero-order chi connectivity index (χ0) is 21.8. The molecule has 1 saturated heterocycles. The lowest BCUT2D eigenvalue weighted by atomic mass is 10.0. The monoisotopic (exact) mass is 411 g/mol. The molecule has 1 aromatic carbocycles. The maximum Gasteiger partial charge on any atom is 0.243 e. The molecule has 2 atom stereocenters. The molecule has 30 heavy (non-hydrogen) atoms. The van der Waals surface area contributed by atoms with Gasteiger partial charge in [0.05, 0.1) is 18.8 Å². The number of carbonyl (C=O) groups is 2. The molecule has 0 unspecified atom stereocenters. The Balaban J connectivity index is 1.70. The summed E-state index contributed by atoms with van der Waals surface area (Å²) in [7, 11) is 1.58. The summed E-state index contributed by atoms with van der Waals surface area (Å²) in [6, 6.07) is 8.47. The molecular formula is C22H29N5O3. The number of benzene rings is 1. The Morgan fingerprint density at radius 3 is 2.50 bits per heavy atom. The van der Waals surface area contributed by atoms with Crippen LogP contribution in [0.2, 0.25) is 0 Å². The quantitative estimate of drug-likeness (QED) is 0.727. The van der Waals surface area contributed by atoms with Gasteiger partial charge in [-0.2, -0.15) is 0 Å². The Labute approximate surface area is 177 Å². The van der Waals surface area contributed by atoms with Crippen LogP contribution in [-0.2, 0) is 9.59 Å². The lowest BCUT2D eigenvalue weighted by Crippen LogP contribution is -2.48. The van der Waals surface area contributed by atoms with Gasteiger partial charge in [-0.05, 0) is 38.0 Å². The summed E-state index contributed by atoms with van der Waals surface area (Å²) >= 11 is 0. The highest BCUT2D eigenvalue weighted by Crippen LogP contribution is 2.31. The maximum absolute atomic E-state index is 13.0. The van der Waals surface area contributed by atoms with Gasteiger partial charge in [0.2, 0.25) is 17.8 Å². The summed E-state index contributed by atoms with van der Waals surface area (Å²) in [4.78, 5) is 36.0. The van der Waals surface area contributed by atoms with E-state index in [0.29, 0.717) is 23.9 Å². The van der Waals surface area contributed by atoms with Crippen LogP contribution in [0.25, 0.3) is 0 Å². The SMILES string of the molecule is COc1ccccc1N1C[C@@H](NC(=O)[C@@H](Nc2nc(C)cc(C)n2)C(C)C)CC1=O. The Morgan fingerprint density at radius 1 is 1.20 bits per heavy atom. The van der Waals surface area contributed by atoms with Crippen LogP contribution in [-0.4, -0.2) is 47.5 Å². The van der Waals surface area contributed by atoms with Crippen molar-refractivity contribution in [2.24, 2.45) is 5.92 Å². The molecule has 2 N–H and O–H groups in total. The van der Waals surface area contributed by atoms with Gasteiger partial charge in [0.25, 0.3) is 0 Å². The van der Waals surface area contributed by atoms with Gasteiger partial charge in [0.1, 0.15) is 11.8 Å². The standard InChI is InChI=1S/C22H29N5O3/c1-13(2)20(26-22-23-14(3)10-15(4)24-22)21(29)25-16-11-19(28)27(12-16)17-8-6-7-9-18(17)30-5/h6-10,13,16,20H,11-12H2,1-5H3,(H,25,29)(H,23,24,26)/t16-,20-/m0/s1. The maximum atomic E-state index is 13.0. The smallest absolute Gasteiger partial charge is 0.243 e. The molecule has 1 aromatic heterocycles. The van der Waals surface area contributed by atoms with E-state index >= 15 is 0 Å². The van der Waals surface area contributed by atoms with Crippen LogP contribution in [0.5, 0.6) is 5.75 Å². The lowest BCUT2D eigenvalue weighted by molar-refractivity contribution is -0.123. The summed E-state index contributed by atoms with van der Waals surface area (Å²) in [6.07, 6.45) is 0.245. The summed E-state index contributed by atoms with van der Waals surface area (Å²) in [5, 5.41) is 6.17. The van der Waals surface area contributed by atoms with Gasteiger partial charge in [0, 0.05) is 24.4 Å². The molecule has 0 saturated carbocycles. The van der Waals surface area contributed by atoms with E-state index in [2.05, 4.69) is 20.6 Å². The molecule has 3 rings (SSSR count). The zero-order valence-electron chi connectivity index (χ0n) is 18.1. The first-order valence-corrected chi connectivity index (χ1v) is 10.1. The fourth-order valence-electron chi connectivity index (χ4n) is 3.65. The number of hydrogen-bond acceptors (Lipinski definition) is 6. The van der Waals surface area contributed by atoms with E-state index in [-0.39, 0.29) is 30.2 Å². The van der Waals surface area contributed by atoms with Crippen molar-refractivity contribution in [1.82, 2.24) is 15.3 Å². The van der Waals surface area contributed by atoms with Crippen LogP contribution in [0.4, 0.5) is 11.6 Å². The molecule has 2 amide bonds. The largest absolute Gasteiger partial charge is 0.495 e. The highest BCUT2D eigenvalue weighted by atomic mass is 16.5. The van der Waals surface area contributed by atoms with Crippen LogP contribution in [0.15, 0.2) is 30.3 Å². The number of hydrogen-bond donors (Lipinski definition) is 2. The highest BCUT2D eigenvalue weighted by Gasteiger charge is 2.34. The van der Waals surface area contributed by atoms with Crippen molar-refractivity contribution in [1.29, 1.82) is 0 Å². The van der Waals surface area contributed by atoms with Gasteiger partial charge >= 0.3 is 0 Å². The molecule has 1 aliphatic rings. The number of aryl methyl sites for hydroxylation is 2. The van der Waals surface area contributed by atoms with E-state index in [0.717, 1.165) is 11.4 Å². The highest BCUT2D eigenvalue weighted by molar-refractivity contribution is 5.98. The van der Waals surface area contributed by atoms with Crippen LogP contribution >= 0.6 is 0 Å². The molecule has 0 bridgehead atoms. The van der Waals surface area contributed by atoms with E-state index < -0.39 is 6.04 Å². The Bertz CT molecular complexity index is 910. The first kappa shape index (κ1) is 21.5. The topological polar surface area (TPSA) is 96.5 Å². The van der Waals surface area contributed by atoms with Crippen LogP contribution in [0, 0.1) is 19.8 Å². The number of para-hydroxylation sites is 2. The van der Waals surface area contributed by atoms with Crippen molar-refractivity contribution in [3.05, 3.63) is 41.7 Å². The number of nitrogens with zero attached hydrogens (tertiary/aromatic N) is 3. The van der Waals surface area contributed by atoms with E-state index in [4.69, 9.17) is 4.74 Å². The zero-order valence-corrected chi connectivity index (χ0v) is 18.1. The number of nitrogens with one attached hydrogen (secondary N) is 2. The average molecular weight is 412 g/mol. The fourth-order valence-corrected chi connectivity index (χ4v) is 3.65. The van der Waals surface area contributed by atoms with Crippen molar-refractivity contribution in [3.8, 4) is 5.75 Å².